The summed E-state index contributed by atoms with van der Waals surface area (Å²) in [4.78, 5) is 24.0. The predicted octanol–water partition coefficient (Wildman–Crippen LogP) is 2.66. The Morgan fingerprint density at radius 2 is 2.04 bits per heavy atom. The summed E-state index contributed by atoms with van der Waals surface area (Å²) in [6, 6.07) is 5.81. The molecule has 1 aliphatic rings. The first-order chi connectivity index (χ1) is 12.1. The highest BCUT2D eigenvalue weighted by Gasteiger charge is 2.26. The van der Waals surface area contributed by atoms with Crippen LogP contribution in [0.25, 0.3) is 10.9 Å². The van der Waals surface area contributed by atoms with Crippen LogP contribution >= 0.6 is 0 Å². The van der Waals surface area contributed by atoms with E-state index >= 15 is 0 Å². The molecule has 2 amide bonds. The van der Waals surface area contributed by atoms with Gasteiger partial charge in [0, 0.05) is 18.0 Å². The number of ether oxygens (including phenoxy) is 1. The fourth-order valence-corrected chi connectivity index (χ4v) is 3.21. The van der Waals surface area contributed by atoms with Crippen molar-refractivity contribution in [3.8, 4) is 0 Å². The van der Waals surface area contributed by atoms with E-state index in [4.69, 9.17) is 4.74 Å². The number of aromatic amines is 1. The van der Waals surface area contributed by atoms with Crippen molar-refractivity contribution in [3.05, 3.63) is 29.5 Å². The van der Waals surface area contributed by atoms with Crippen LogP contribution in [0.3, 0.4) is 0 Å². The molecule has 1 aromatic carbocycles. The topological polar surface area (TPSA) is 96.1 Å². The van der Waals surface area contributed by atoms with Crippen molar-refractivity contribution in [1.82, 2.24) is 20.8 Å². The Kier molecular flexibility index (Phi) is 5.21. The van der Waals surface area contributed by atoms with E-state index < -0.39 is 5.97 Å². The fourth-order valence-electron chi connectivity index (χ4n) is 3.21. The number of carbonyl (C=O) groups is 2. The molecule has 134 valence electrons. The molecule has 3 N–H and O–H groups in total. The predicted molar refractivity (Wildman–Crippen MR) is 94.5 cm³/mol. The largest absolute Gasteiger partial charge is 0.458 e. The number of rotatable bonds is 4. The summed E-state index contributed by atoms with van der Waals surface area (Å²) in [6.45, 7) is 4.47. The Morgan fingerprint density at radius 1 is 1.28 bits per heavy atom. The SMILES string of the molecule is CCNC(=O)NC1CCC(OC(=O)c2n[nH]c3ccc(C)cc23)CC1. The molecule has 25 heavy (non-hydrogen) atoms. The number of aromatic nitrogens is 2. The van der Waals surface area contributed by atoms with E-state index in [0.717, 1.165) is 42.1 Å². The first-order valence-corrected chi connectivity index (χ1v) is 8.77. The van der Waals surface area contributed by atoms with Gasteiger partial charge in [0.1, 0.15) is 6.10 Å². The molecule has 1 heterocycles. The second kappa shape index (κ2) is 7.55. The lowest BCUT2D eigenvalue weighted by Crippen LogP contribution is -2.44. The van der Waals surface area contributed by atoms with Crippen LogP contribution in [-0.2, 0) is 4.74 Å². The lowest BCUT2D eigenvalue weighted by atomic mass is 9.93. The Balaban J connectivity index is 1.55. The van der Waals surface area contributed by atoms with Gasteiger partial charge >= 0.3 is 12.0 Å². The highest BCUT2D eigenvalue weighted by atomic mass is 16.5. The minimum Gasteiger partial charge on any atom is -0.458 e. The molecule has 0 saturated heterocycles. The molecular formula is C18H24N4O3. The van der Waals surface area contributed by atoms with Gasteiger partial charge in [0.05, 0.1) is 5.52 Å². The van der Waals surface area contributed by atoms with E-state index in [9.17, 15) is 9.59 Å². The van der Waals surface area contributed by atoms with Crippen molar-refractivity contribution >= 4 is 22.9 Å². The number of amides is 2. The summed E-state index contributed by atoms with van der Waals surface area (Å²) in [6.07, 6.45) is 2.95. The molecule has 0 atom stereocenters. The van der Waals surface area contributed by atoms with Crippen LogP contribution in [0.15, 0.2) is 18.2 Å². The minimum absolute atomic E-state index is 0.128. The van der Waals surface area contributed by atoms with Gasteiger partial charge in [-0.1, -0.05) is 11.6 Å². The molecule has 1 aliphatic carbocycles. The summed E-state index contributed by atoms with van der Waals surface area (Å²) < 4.78 is 5.63. The van der Waals surface area contributed by atoms with Crippen molar-refractivity contribution in [2.45, 2.75) is 51.7 Å². The van der Waals surface area contributed by atoms with Crippen LogP contribution in [0, 0.1) is 6.92 Å². The van der Waals surface area contributed by atoms with Crippen LogP contribution in [0.4, 0.5) is 4.79 Å². The highest BCUT2D eigenvalue weighted by molar-refractivity contribution is 6.02. The normalized spacial score (nSPS) is 20.2. The lowest BCUT2D eigenvalue weighted by molar-refractivity contribution is 0.0184. The van der Waals surface area contributed by atoms with Crippen LogP contribution in [0.2, 0.25) is 0 Å². The maximum Gasteiger partial charge on any atom is 0.359 e. The quantitative estimate of drug-likeness (QED) is 0.743. The van der Waals surface area contributed by atoms with E-state index in [2.05, 4.69) is 20.8 Å². The van der Waals surface area contributed by atoms with E-state index in [1.807, 2.05) is 32.0 Å². The van der Waals surface area contributed by atoms with Crippen molar-refractivity contribution in [1.29, 1.82) is 0 Å². The summed E-state index contributed by atoms with van der Waals surface area (Å²) in [7, 11) is 0. The first kappa shape index (κ1) is 17.3. The minimum atomic E-state index is -0.392. The Labute approximate surface area is 146 Å². The van der Waals surface area contributed by atoms with Crippen LogP contribution in [-0.4, -0.2) is 40.9 Å². The summed E-state index contributed by atoms with van der Waals surface area (Å²) in [5.41, 5.74) is 2.23. The molecule has 0 radical (unpaired) electrons. The monoisotopic (exact) mass is 344 g/mol. The van der Waals surface area contributed by atoms with E-state index in [-0.39, 0.29) is 18.2 Å². The van der Waals surface area contributed by atoms with Gasteiger partial charge in [-0.15, -0.1) is 0 Å². The molecule has 2 aromatic rings. The third-order valence-corrected chi connectivity index (χ3v) is 4.53. The third kappa shape index (κ3) is 4.10. The molecule has 0 aliphatic heterocycles. The van der Waals surface area contributed by atoms with Gasteiger partial charge in [-0.2, -0.15) is 5.10 Å². The van der Waals surface area contributed by atoms with E-state index in [1.54, 1.807) is 0 Å². The summed E-state index contributed by atoms with van der Waals surface area (Å²) in [5.74, 6) is -0.392. The Hall–Kier alpha value is -2.57. The molecule has 3 rings (SSSR count). The maximum absolute atomic E-state index is 12.5. The van der Waals surface area contributed by atoms with Crippen molar-refractivity contribution in [3.63, 3.8) is 0 Å². The van der Waals surface area contributed by atoms with Crippen molar-refractivity contribution < 1.29 is 14.3 Å². The van der Waals surface area contributed by atoms with E-state index in [0.29, 0.717) is 12.2 Å². The van der Waals surface area contributed by atoms with Crippen LogP contribution < -0.4 is 10.6 Å². The van der Waals surface area contributed by atoms with Gasteiger partial charge in [-0.05, 0) is 51.7 Å². The van der Waals surface area contributed by atoms with Gasteiger partial charge in [-0.3, -0.25) is 5.10 Å². The average molecular weight is 344 g/mol. The molecule has 1 fully saturated rings. The number of hydrogen-bond acceptors (Lipinski definition) is 4. The summed E-state index contributed by atoms with van der Waals surface area (Å²) >= 11 is 0. The zero-order chi connectivity index (χ0) is 17.8. The molecule has 1 saturated carbocycles. The van der Waals surface area contributed by atoms with Crippen molar-refractivity contribution in [2.24, 2.45) is 0 Å². The second-order valence-corrected chi connectivity index (χ2v) is 6.50. The highest BCUT2D eigenvalue weighted by Crippen LogP contribution is 2.24. The molecule has 7 nitrogen and oxygen atoms in total. The number of aryl methyl sites for hydroxylation is 1. The molecular weight excluding hydrogens is 320 g/mol. The number of H-pyrrole nitrogens is 1. The number of urea groups is 1. The van der Waals surface area contributed by atoms with Gasteiger partial charge in [0.25, 0.3) is 0 Å². The fraction of sp³-hybridized carbons (Fsp3) is 0.500. The first-order valence-electron chi connectivity index (χ1n) is 8.77. The van der Waals surface area contributed by atoms with Crippen molar-refractivity contribution in [2.75, 3.05) is 6.54 Å². The number of fused-ring (bicyclic) bond motifs is 1. The van der Waals surface area contributed by atoms with Gasteiger partial charge in [-0.25, -0.2) is 9.59 Å². The molecule has 0 bridgehead atoms. The number of nitrogens with zero attached hydrogens (tertiary/aromatic N) is 1. The molecule has 0 spiro atoms. The molecule has 7 heteroatoms. The molecule has 0 unspecified atom stereocenters. The van der Waals surface area contributed by atoms with E-state index in [1.165, 1.54) is 0 Å². The number of benzene rings is 1. The lowest BCUT2D eigenvalue weighted by Gasteiger charge is -2.28. The Bertz CT molecular complexity index is 763. The number of hydrogen-bond donors (Lipinski definition) is 3. The second-order valence-electron chi connectivity index (χ2n) is 6.50. The number of carbonyl (C=O) groups excluding carboxylic acids is 2. The third-order valence-electron chi connectivity index (χ3n) is 4.53. The molecule has 1 aromatic heterocycles. The van der Waals surface area contributed by atoms with Crippen LogP contribution in [0.5, 0.6) is 0 Å². The zero-order valence-electron chi connectivity index (χ0n) is 14.6. The van der Waals surface area contributed by atoms with Crippen LogP contribution in [0.1, 0.15) is 48.7 Å². The average Bonchev–Trinajstić information content (AvgIpc) is 3.00. The zero-order valence-corrected chi connectivity index (χ0v) is 14.6. The smallest absolute Gasteiger partial charge is 0.359 e. The van der Waals surface area contributed by atoms with Gasteiger partial charge in [0.15, 0.2) is 5.69 Å². The van der Waals surface area contributed by atoms with Gasteiger partial charge in [0.2, 0.25) is 0 Å². The number of nitrogens with one attached hydrogen (secondary N) is 3. The van der Waals surface area contributed by atoms with Gasteiger partial charge < -0.3 is 15.4 Å². The number of esters is 1. The standard InChI is InChI=1S/C18H24N4O3/c1-3-19-18(24)20-12-5-7-13(8-6-12)25-17(23)16-14-10-11(2)4-9-15(14)21-22-16/h4,9-10,12-13H,3,5-8H2,1-2H3,(H,21,22)(H2,19,20,24). The summed E-state index contributed by atoms with van der Waals surface area (Å²) in [5, 5.41) is 13.4. The Morgan fingerprint density at radius 3 is 2.76 bits per heavy atom. The maximum atomic E-state index is 12.5.